The summed E-state index contributed by atoms with van der Waals surface area (Å²) in [7, 11) is 0. The molecule has 1 aliphatic carbocycles. The molecule has 0 radical (unpaired) electrons. The predicted molar refractivity (Wildman–Crippen MR) is 75.5 cm³/mol. The lowest BCUT2D eigenvalue weighted by Gasteiger charge is -2.65. The molecule has 6 heteroatoms. The van der Waals surface area contributed by atoms with Gasteiger partial charge < -0.3 is 20.5 Å². The van der Waals surface area contributed by atoms with Crippen molar-refractivity contribution in [1.82, 2.24) is 4.90 Å². The Kier molecular flexibility index (Phi) is 3.29. The number of carboxylic acids is 1. The number of aliphatic carboxylic acids is 1. The molecule has 2 heterocycles. The van der Waals surface area contributed by atoms with Crippen molar-refractivity contribution < 1.29 is 19.4 Å². The highest BCUT2D eigenvalue weighted by molar-refractivity contribution is 5.93. The summed E-state index contributed by atoms with van der Waals surface area (Å²) in [5.41, 5.74) is 5.10. The molecule has 3 fully saturated rings. The molecule has 0 aromatic rings. The zero-order chi connectivity index (χ0) is 15.4. The second-order valence-electron chi connectivity index (χ2n) is 7.13. The molecule has 4 unspecified atom stereocenters. The van der Waals surface area contributed by atoms with Crippen LogP contribution in [0.1, 0.15) is 39.5 Å². The summed E-state index contributed by atoms with van der Waals surface area (Å²) in [6.45, 7) is 5.13. The van der Waals surface area contributed by atoms with E-state index in [-0.39, 0.29) is 17.9 Å². The lowest BCUT2D eigenvalue weighted by atomic mass is 9.46. The van der Waals surface area contributed by atoms with Gasteiger partial charge >= 0.3 is 5.97 Å². The van der Waals surface area contributed by atoms with Crippen molar-refractivity contribution in [2.45, 2.75) is 57.2 Å². The number of rotatable bonds is 2. The molecule has 118 valence electrons. The number of nitrogens with two attached hydrogens (primary N) is 1. The van der Waals surface area contributed by atoms with Crippen molar-refractivity contribution in [2.75, 3.05) is 13.2 Å². The monoisotopic (exact) mass is 296 g/mol. The Labute approximate surface area is 124 Å². The third-order valence-electron chi connectivity index (χ3n) is 5.84. The van der Waals surface area contributed by atoms with Gasteiger partial charge in [0.1, 0.15) is 11.6 Å². The first-order chi connectivity index (χ1) is 9.81. The summed E-state index contributed by atoms with van der Waals surface area (Å²) in [6.07, 6.45) is 3.03. The molecule has 0 spiro atoms. The first-order valence-electron chi connectivity index (χ1n) is 7.76. The highest BCUT2D eigenvalue weighted by Gasteiger charge is 2.71. The number of carbonyl (C=O) groups excluding carboxylic acids is 1. The number of hydrogen-bond acceptors (Lipinski definition) is 4. The fourth-order valence-electron chi connectivity index (χ4n) is 4.51. The standard InChI is InChI=1S/C15H24N2O4/c1-14(2)11-9(5-4-8-21-11)15(14,16)13(20)17-7-3-6-10(17)12(18)19/h9-11H,3-8,16H2,1-2H3,(H,18,19). The molecule has 3 rings (SSSR count). The molecule has 3 aliphatic rings. The Morgan fingerprint density at radius 3 is 2.67 bits per heavy atom. The van der Waals surface area contributed by atoms with Crippen molar-refractivity contribution >= 4 is 11.9 Å². The van der Waals surface area contributed by atoms with Crippen molar-refractivity contribution in [1.29, 1.82) is 0 Å². The van der Waals surface area contributed by atoms with Gasteiger partial charge in [0.2, 0.25) is 5.91 Å². The number of carboxylic acid groups (broad SMARTS) is 1. The van der Waals surface area contributed by atoms with E-state index in [1.54, 1.807) is 0 Å². The van der Waals surface area contributed by atoms with Gasteiger partial charge in [-0.15, -0.1) is 0 Å². The van der Waals surface area contributed by atoms with E-state index in [4.69, 9.17) is 10.5 Å². The van der Waals surface area contributed by atoms with Crippen LogP contribution in [0.4, 0.5) is 0 Å². The maximum absolute atomic E-state index is 13.0. The molecule has 0 aromatic heterocycles. The minimum atomic E-state index is -1.00. The molecule has 0 aromatic carbocycles. The molecule has 6 nitrogen and oxygen atoms in total. The topological polar surface area (TPSA) is 92.9 Å². The van der Waals surface area contributed by atoms with E-state index in [1.807, 2.05) is 13.8 Å². The number of ether oxygens (including phenoxy) is 1. The van der Waals surface area contributed by atoms with Gasteiger partial charge in [0.05, 0.1) is 6.10 Å². The molecule has 1 saturated carbocycles. The summed E-state index contributed by atoms with van der Waals surface area (Å²) in [4.78, 5) is 25.8. The van der Waals surface area contributed by atoms with Gasteiger partial charge in [0, 0.05) is 24.5 Å². The average Bonchev–Trinajstić information content (AvgIpc) is 2.95. The van der Waals surface area contributed by atoms with Crippen molar-refractivity contribution in [3.05, 3.63) is 0 Å². The van der Waals surface area contributed by atoms with E-state index >= 15 is 0 Å². The zero-order valence-electron chi connectivity index (χ0n) is 12.7. The van der Waals surface area contributed by atoms with Crippen LogP contribution < -0.4 is 5.73 Å². The fraction of sp³-hybridized carbons (Fsp3) is 0.867. The van der Waals surface area contributed by atoms with Crippen LogP contribution in [0, 0.1) is 11.3 Å². The third kappa shape index (κ3) is 1.78. The highest BCUT2D eigenvalue weighted by atomic mass is 16.5. The van der Waals surface area contributed by atoms with Gasteiger partial charge in [0.15, 0.2) is 0 Å². The lowest BCUT2D eigenvalue weighted by Crippen LogP contribution is -2.82. The predicted octanol–water partition coefficient (Wildman–Crippen LogP) is 0.595. The largest absolute Gasteiger partial charge is 0.480 e. The van der Waals surface area contributed by atoms with Crippen molar-refractivity contribution in [3.63, 3.8) is 0 Å². The van der Waals surface area contributed by atoms with Gasteiger partial charge in [-0.25, -0.2) is 4.79 Å². The van der Waals surface area contributed by atoms with E-state index in [9.17, 15) is 14.7 Å². The molecule has 21 heavy (non-hydrogen) atoms. The number of hydrogen-bond donors (Lipinski definition) is 2. The molecular weight excluding hydrogens is 272 g/mol. The molecule has 3 N–H and O–H groups in total. The summed E-state index contributed by atoms with van der Waals surface area (Å²) in [5, 5.41) is 9.29. The summed E-state index contributed by atoms with van der Waals surface area (Å²) >= 11 is 0. The second kappa shape index (κ2) is 4.68. The SMILES string of the molecule is CC1(C)C2OCCCC2C1(N)C(=O)N1CCCC1C(=O)O. The quantitative estimate of drug-likeness (QED) is 0.778. The van der Waals surface area contributed by atoms with E-state index in [0.29, 0.717) is 13.0 Å². The maximum Gasteiger partial charge on any atom is 0.326 e. The van der Waals surface area contributed by atoms with E-state index in [1.165, 1.54) is 4.90 Å². The van der Waals surface area contributed by atoms with Gasteiger partial charge in [-0.3, -0.25) is 4.79 Å². The number of amides is 1. The van der Waals surface area contributed by atoms with E-state index in [0.717, 1.165) is 25.9 Å². The Hall–Kier alpha value is -1.14. The van der Waals surface area contributed by atoms with Crippen LogP contribution in [0.2, 0.25) is 0 Å². The van der Waals surface area contributed by atoms with Gasteiger partial charge in [-0.1, -0.05) is 13.8 Å². The van der Waals surface area contributed by atoms with Gasteiger partial charge in [-0.2, -0.15) is 0 Å². The van der Waals surface area contributed by atoms with Gasteiger partial charge in [0.25, 0.3) is 0 Å². The Morgan fingerprint density at radius 1 is 1.29 bits per heavy atom. The highest BCUT2D eigenvalue weighted by Crippen LogP contribution is 2.58. The molecule has 1 amide bonds. The Bertz CT molecular complexity index is 478. The fourth-order valence-corrected chi connectivity index (χ4v) is 4.51. The maximum atomic E-state index is 13.0. The average molecular weight is 296 g/mol. The number of fused-ring (bicyclic) bond motifs is 1. The molecule has 0 bridgehead atoms. The van der Waals surface area contributed by atoms with E-state index < -0.39 is 23.0 Å². The van der Waals surface area contributed by atoms with Crippen LogP contribution in [-0.4, -0.2) is 52.7 Å². The number of nitrogens with zero attached hydrogens (tertiary/aromatic N) is 1. The minimum absolute atomic E-state index is 0.00351. The summed E-state index contributed by atoms with van der Waals surface area (Å²) in [5.74, 6) is -1.13. The van der Waals surface area contributed by atoms with Gasteiger partial charge in [-0.05, 0) is 25.7 Å². The molecule has 2 saturated heterocycles. The van der Waals surface area contributed by atoms with Crippen LogP contribution >= 0.6 is 0 Å². The first kappa shape index (κ1) is 14.8. The van der Waals surface area contributed by atoms with Crippen LogP contribution in [0.5, 0.6) is 0 Å². The van der Waals surface area contributed by atoms with Crippen LogP contribution in [-0.2, 0) is 14.3 Å². The lowest BCUT2D eigenvalue weighted by molar-refractivity contribution is -0.230. The van der Waals surface area contributed by atoms with Crippen molar-refractivity contribution in [2.24, 2.45) is 17.1 Å². The normalized spacial score (nSPS) is 41.3. The summed E-state index contributed by atoms with van der Waals surface area (Å²) < 4.78 is 5.81. The first-order valence-corrected chi connectivity index (χ1v) is 7.76. The molecule has 2 aliphatic heterocycles. The Balaban J connectivity index is 1.87. The third-order valence-corrected chi connectivity index (χ3v) is 5.84. The minimum Gasteiger partial charge on any atom is -0.480 e. The molecule has 4 atom stereocenters. The van der Waals surface area contributed by atoms with Crippen LogP contribution in [0.3, 0.4) is 0 Å². The number of likely N-dealkylation sites (tertiary alicyclic amines) is 1. The second-order valence-corrected chi connectivity index (χ2v) is 7.13. The molecular formula is C15H24N2O4. The Morgan fingerprint density at radius 2 is 2.00 bits per heavy atom. The van der Waals surface area contributed by atoms with Crippen LogP contribution in [0.15, 0.2) is 0 Å². The van der Waals surface area contributed by atoms with E-state index in [2.05, 4.69) is 0 Å². The zero-order valence-corrected chi connectivity index (χ0v) is 12.7. The summed E-state index contributed by atoms with van der Waals surface area (Å²) in [6, 6.07) is -0.725. The number of carbonyl (C=O) groups is 2. The van der Waals surface area contributed by atoms with Crippen LogP contribution in [0.25, 0.3) is 0 Å². The smallest absolute Gasteiger partial charge is 0.326 e. The van der Waals surface area contributed by atoms with Crippen molar-refractivity contribution in [3.8, 4) is 0 Å².